The molecule has 0 unspecified atom stereocenters. The number of hydrogen-bond acceptors (Lipinski definition) is 3. The van der Waals surface area contributed by atoms with Crippen molar-refractivity contribution in [2.24, 2.45) is 5.10 Å². The normalized spacial score (nSPS) is 12.2. The molecular formula is C21H21N3O. The molecule has 1 amide bonds. The molecule has 3 aromatic carbocycles. The van der Waals surface area contributed by atoms with Gasteiger partial charge < -0.3 is 5.32 Å². The number of amides is 1. The molecule has 1 atom stereocenters. The van der Waals surface area contributed by atoms with E-state index >= 15 is 0 Å². The van der Waals surface area contributed by atoms with E-state index in [1.54, 1.807) is 6.21 Å². The van der Waals surface area contributed by atoms with Crippen LogP contribution in [0.15, 0.2) is 77.9 Å². The molecule has 0 saturated heterocycles. The lowest BCUT2D eigenvalue weighted by Crippen LogP contribution is -2.26. The minimum absolute atomic E-state index is 0.148. The first-order valence-corrected chi connectivity index (χ1v) is 8.32. The molecule has 0 spiro atoms. The minimum atomic E-state index is -0.176. The van der Waals surface area contributed by atoms with Gasteiger partial charge in [-0.25, -0.2) is 5.43 Å². The summed E-state index contributed by atoms with van der Waals surface area (Å²) in [5, 5.41) is 9.48. The lowest BCUT2D eigenvalue weighted by atomic mass is 10.0. The molecule has 4 heteroatoms. The van der Waals surface area contributed by atoms with Crippen molar-refractivity contribution >= 4 is 28.6 Å². The van der Waals surface area contributed by atoms with E-state index in [0.29, 0.717) is 0 Å². The number of fused-ring (bicyclic) bond motifs is 1. The highest BCUT2D eigenvalue weighted by atomic mass is 16.2. The summed E-state index contributed by atoms with van der Waals surface area (Å²) in [5.41, 5.74) is 4.63. The minimum Gasteiger partial charge on any atom is -0.376 e. The van der Waals surface area contributed by atoms with Crippen LogP contribution in [0.25, 0.3) is 10.8 Å². The SMILES string of the molecule is C[C@@H](/C=N\NC(=O)CNc1ccc2ccccc2c1)c1ccccc1. The second kappa shape index (κ2) is 8.11. The summed E-state index contributed by atoms with van der Waals surface area (Å²) >= 11 is 0. The number of rotatable bonds is 6. The molecule has 0 aliphatic carbocycles. The molecule has 3 rings (SSSR count). The van der Waals surface area contributed by atoms with Gasteiger partial charge in [-0.15, -0.1) is 0 Å². The number of anilines is 1. The molecule has 4 nitrogen and oxygen atoms in total. The van der Waals surface area contributed by atoms with Crippen LogP contribution in [0.5, 0.6) is 0 Å². The number of hydrogen-bond donors (Lipinski definition) is 2. The summed E-state index contributed by atoms with van der Waals surface area (Å²) in [7, 11) is 0. The second-order valence-corrected chi connectivity index (χ2v) is 5.93. The van der Waals surface area contributed by atoms with Crippen LogP contribution in [0, 0.1) is 0 Å². The van der Waals surface area contributed by atoms with Crippen LogP contribution >= 0.6 is 0 Å². The largest absolute Gasteiger partial charge is 0.376 e. The third-order valence-electron chi connectivity index (χ3n) is 4.02. The van der Waals surface area contributed by atoms with Crippen LogP contribution < -0.4 is 10.7 Å². The number of benzene rings is 3. The lowest BCUT2D eigenvalue weighted by molar-refractivity contribution is -0.119. The standard InChI is InChI=1S/C21H21N3O/c1-16(17-7-3-2-4-8-17)14-23-24-21(25)15-22-20-12-11-18-9-5-6-10-19(18)13-20/h2-14,16,22H,15H2,1H3,(H,24,25)/b23-14-/t16-/m0/s1. The Labute approximate surface area is 147 Å². The molecule has 3 aromatic rings. The van der Waals surface area contributed by atoms with Gasteiger partial charge in [0.05, 0.1) is 6.54 Å². The molecule has 126 valence electrons. The summed E-state index contributed by atoms with van der Waals surface area (Å²) in [4.78, 5) is 11.9. The maximum absolute atomic E-state index is 11.9. The van der Waals surface area contributed by atoms with E-state index in [1.807, 2.05) is 67.6 Å². The first-order valence-electron chi connectivity index (χ1n) is 8.32. The van der Waals surface area contributed by atoms with Gasteiger partial charge in [0.15, 0.2) is 0 Å². The van der Waals surface area contributed by atoms with Crippen molar-refractivity contribution in [1.29, 1.82) is 0 Å². The molecular weight excluding hydrogens is 310 g/mol. The summed E-state index contributed by atoms with van der Waals surface area (Å²) in [5.74, 6) is -0.0281. The highest BCUT2D eigenvalue weighted by Gasteiger charge is 2.03. The van der Waals surface area contributed by atoms with Crippen LogP contribution in [0.1, 0.15) is 18.4 Å². The molecule has 0 aliphatic rings. The Balaban J connectivity index is 1.49. The van der Waals surface area contributed by atoms with Gasteiger partial charge in [-0.3, -0.25) is 4.79 Å². The van der Waals surface area contributed by atoms with Crippen molar-refractivity contribution in [2.45, 2.75) is 12.8 Å². The number of nitrogens with zero attached hydrogens (tertiary/aromatic N) is 1. The fourth-order valence-electron chi connectivity index (χ4n) is 2.58. The summed E-state index contributed by atoms with van der Waals surface area (Å²) in [6.07, 6.45) is 1.74. The second-order valence-electron chi connectivity index (χ2n) is 5.93. The van der Waals surface area contributed by atoms with E-state index in [2.05, 4.69) is 28.0 Å². The van der Waals surface area contributed by atoms with Crippen LogP contribution in [0.3, 0.4) is 0 Å². The van der Waals surface area contributed by atoms with Crippen LogP contribution in [0.4, 0.5) is 5.69 Å². The van der Waals surface area contributed by atoms with Gasteiger partial charge in [-0.2, -0.15) is 5.10 Å². The third kappa shape index (κ3) is 4.67. The number of carbonyl (C=O) groups is 1. The highest BCUT2D eigenvalue weighted by Crippen LogP contribution is 2.18. The van der Waals surface area contributed by atoms with Gasteiger partial charge in [0, 0.05) is 17.8 Å². The first kappa shape index (κ1) is 16.7. The Morgan fingerprint density at radius 1 is 1.00 bits per heavy atom. The van der Waals surface area contributed by atoms with E-state index in [0.717, 1.165) is 16.6 Å². The zero-order valence-corrected chi connectivity index (χ0v) is 14.1. The van der Waals surface area contributed by atoms with Gasteiger partial charge in [0.1, 0.15) is 0 Å². The van der Waals surface area contributed by atoms with Gasteiger partial charge in [0.2, 0.25) is 0 Å². The van der Waals surface area contributed by atoms with Crippen LogP contribution in [0.2, 0.25) is 0 Å². The number of hydrazone groups is 1. The van der Waals surface area contributed by atoms with E-state index < -0.39 is 0 Å². The highest BCUT2D eigenvalue weighted by molar-refractivity contribution is 5.87. The maximum Gasteiger partial charge on any atom is 0.259 e. The van der Waals surface area contributed by atoms with Crippen molar-refractivity contribution in [3.05, 3.63) is 78.4 Å². The zero-order valence-electron chi connectivity index (χ0n) is 14.1. The van der Waals surface area contributed by atoms with E-state index in [-0.39, 0.29) is 18.4 Å². The number of carbonyl (C=O) groups excluding carboxylic acids is 1. The topological polar surface area (TPSA) is 53.5 Å². The molecule has 0 bridgehead atoms. The van der Waals surface area contributed by atoms with Gasteiger partial charge in [0.25, 0.3) is 5.91 Å². The predicted molar refractivity (Wildman–Crippen MR) is 104 cm³/mol. The molecule has 25 heavy (non-hydrogen) atoms. The monoisotopic (exact) mass is 331 g/mol. The van der Waals surface area contributed by atoms with Crippen molar-refractivity contribution in [2.75, 3.05) is 11.9 Å². The van der Waals surface area contributed by atoms with Gasteiger partial charge in [-0.1, -0.05) is 67.6 Å². The molecule has 0 heterocycles. The maximum atomic E-state index is 11.9. The Morgan fingerprint density at radius 2 is 1.72 bits per heavy atom. The van der Waals surface area contributed by atoms with Crippen molar-refractivity contribution < 1.29 is 4.79 Å². The first-order chi connectivity index (χ1) is 12.2. The lowest BCUT2D eigenvalue weighted by Gasteiger charge is -2.07. The average molecular weight is 331 g/mol. The molecule has 0 fully saturated rings. The molecule has 0 aliphatic heterocycles. The fourth-order valence-corrected chi connectivity index (χ4v) is 2.58. The van der Waals surface area contributed by atoms with Gasteiger partial charge >= 0.3 is 0 Å². The molecule has 0 saturated carbocycles. The Morgan fingerprint density at radius 3 is 2.52 bits per heavy atom. The van der Waals surface area contributed by atoms with Crippen molar-refractivity contribution in [3.8, 4) is 0 Å². The quantitative estimate of drug-likeness (QED) is 0.526. The van der Waals surface area contributed by atoms with Crippen LogP contribution in [-0.2, 0) is 4.79 Å². The van der Waals surface area contributed by atoms with Crippen molar-refractivity contribution in [1.82, 2.24) is 5.43 Å². The smallest absolute Gasteiger partial charge is 0.259 e. The Bertz CT molecular complexity index is 874. The van der Waals surface area contributed by atoms with E-state index in [1.165, 1.54) is 5.39 Å². The molecule has 0 aromatic heterocycles. The number of nitrogens with one attached hydrogen (secondary N) is 2. The van der Waals surface area contributed by atoms with Gasteiger partial charge in [-0.05, 0) is 28.5 Å². The zero-order chi connectivity index (χ0) is 17.5. The summed E-state index contributed by atoms with van der Waals surface area (Å²) in [6.45, 7) is 2.22. The van der Waals surface area contributed by atoms with Crippen molar-refractivity contribution in [3.63, 3.8) is 0 Å². The predicted octanol–water partition coefficient (Wildman–Crippen LogP) is 4.16. The fraction of sp³-hybridized carbons (Fsp3) is 0.143. The molecule has 2 N–H and O–H groups in total. The van der Waals surface area contributed by atoms with E-state index in [9.17, 15) is 4.79 Å². The third-order valence-corrected chi connectivity index (χ3v) is 4.02. The Hall–Kier alpha value is -3.14. The summed E-state index contributed by atoms with van der Waals surface area (Å²) in [6, 6.07) is 24.2. The van der Waals surface area contributed by atoms with E-state index in [4.69, 9.17) is 0 Å². The summed E-state index contributed by atoms with van der Waals surface area (Å²) < 4.78 is 0. The van der Waals surface area contributed by atoms with Crippen LogP contribution in [-0.4, -0.2) is 18.7 Å². The Kier molecular flexibility index (Phi) is 5.42. The average Bonchev–Trinajstić information content (AvgIpc) is 2.67. The molecule has 0 radical (unpaired) electrons.